The third-order valence-electron chi connectivity index (χ3n) is 10.4. The Bertz CT molecular complexity index is 2050. The zero-order chi connectivity index (χ0) is 41.0. The smallest absolute Gasteiger partial charge is 0.255 e. The van der Waals surface area contributed by atoms with E-state index >= 15 is 0 Å². The quantitative estimate of drug-likeness (QED) is 0.0802. The highest BCUT2D eigenvalue weighted by Gasteiger charge is 2.40. The number of nitrogens with one attached hydrogen (secondary N) is 4. The summed E-state index contributed by atoms with van der Waals surface area (Å²) in [5, 5.41) is 11.0. The van der Waals surface area contributed by atoms with Crippen LogP contribution in [0.5, 0.6) is 0 Å². The number of aldehydes is 1. The zero-order valence-corrected chi connectivity index (χ0v) is 32.5. The predicted octanol–water partition coefficient (Wildman–Crippen LogP) is 3.18. The summed E-state index contributed by atoms with van der Waals surface area (Å²) in [5.41, 5.74) is 4.16. The average molecular weight is 792 g/mol. The fourth-order valence-electron chi connectivity index (χ4n) is 7.38. The number of hydrogen-bond donors (Lipinski definition) is 4. The summed E-state index contributed by atoms with van der Waals surface area (Å²) in [6.45, 7) is 1.66. The highest BCUT2D eigenvalue weighted by molar-refractivity contribution is 6.07. The van der Waals surface area contributed by atoms with Gasteiger partial charge in [-0.2, -0.15) is 0 Å². The number of fused-ring (bicyclic) bond motifs is 1. The first-order chi connectivity index (χ1) is 28.1. The number of benzene rings is 3. The van der Waals surface area contributed by atoms with Crippen LogP contribution >= 0.6 is 0 Å². The van der Waals surface area contributed by atoms with Crippen LogP contribution in [0.3, 0.4) is 0 Å². The molecule has 3 unspecified atom stereocenters. The summed E-state index contributed by atoms with van der Waals surface area (Å²) in [5.74, 6) is -1.17. The SMILES string of the molecule is CN(CC(=O)NCCCCC(=O)NCCCCC(=O)Nc1cccc2c1CN(C1CCC(=O)NC1=O)C2=O)Cc1ccccc1C1OC(c2ccccc2)=NC1C=O. The van der Waals surface area contributed by atoms with Gasteiger partial charge in [-0.1, -0.05) is 48.5 Å². The molecule has 6 rings (SSSR count). The molecule has 15 nitrogen and oxygen atoms in total. The van der Waals surface area contributed by atoms with E-state index in [0.717, 1.165) is 23.0 Å². The Morgan fingerprint density at radius 1 is 0.879 bits per heavy atom. The summed E-state index contributed by atoms with van der Waals surface area (Å²) >= 11 is 0. The molecule has 1 saturated heterocycles. The van der Waals surface area contributed by atoms with Gasteiger partial charge in [-0.25, -0.2) is 4.99 Å². The van der Waals surface area contributed by atoms with Gasteiger partial charge in [0, 0.05) is 67.8 Å². The predicted molar refractivity (Wildman–Crippen MR) is 214 cm³/mol. The Morgan fingerprint density at radius 2 is 1.59 bits per heavy atom. The number of carbonyl (C=O) groups is 7. The van der Waals surface area contributed by atoms with Crippen LogP contribution in [-0.4, -0.2) is 96.2 Å². The largest absolute Gasteiger partial charge is 0.466 e. The number of anilines is 1. The molecule has 3 atom stereocenters. The first-order valence-electron chi connectivity index (χ1n) is 19.7. The molecule has 0 bridgehead atoms. The maximum atomic E-state index is 13.0. The van der Waals surface area contributed by atoms with E-state index in [9.17, 15) is 33.6 Å². The Labute approximate surface area is 337 Å². The fourth-order valence-corrected chi connectivity index (χ4v) is 7.38. The van der Waals surface area contributed by atoms with Gasteiger partial charge in [-0.15, -0.1) is 0 Å². The number of amides is 6. The van der Waals surface area contributed by atoms with E-state index in [1.807, 2.05) is 66.5 Å². The third-order valence-corrected chi connectivity index (χ3v) is 10.4. The second-order valence-corrected chi connectivity index (χ2v) is 14.7. The van der Waals surface area contributed by atoms with Crippen LogP contribution in [0.2, 0.25) is 0 Å². The average Bonchev–Trinajstić information content (AvgIpc) is 3.80. The van der Waals surface area contributed by atoms with Gasteiger partial charge < -0.3 is 30.4 Å². The number of unbranched alkanes of at least 4 members (excludes halogenated alkanes) is 2. The van der Waals surface area contributed by atoms with Crippen LogP contribution in [0.25, 0.3) is 0 Å². The lowest BCUT2D eigenvalue weighted by atomic mass is 9.98. The summed E-state index contributed by atoms with van der Waals surface area (Å²) in [6.07, 6.45) is 3.61. The summed E-state index contributed by atoms with van der Waals surface area (Å²) < 4.78 is 6.18. The van der Waals surface area contributed by atoms with Crippen LogP contribution < -0.4 is 21.3 Å². The van der Waals surface area contributed by atoms with Crippen molar-refractivity contribution in [2.75, 3.05) is 32.0 Å². The first kappa shape index (κ1) is 41.4. The highest BCUT2D eigenvalue weighted by Crippen LogP contribution is 2.34. The number of piperidine rings is 1. The molecule has 0 saturated carbocycles. The number of hydrogen-bond acceptors (Lipinski definition) is 10. The number of nitrogens with zero attached hydrogens (tertiary/aromatic N) is 3. The molecule has 3 aromatic carbocycles. The molecule has 3 aromatic rings. The van der Waals surface area contributed by atoms with Crippen molar-refractivity contribution in [3.63, 3.8) is 0 Å². The van der Waals surface area contributed by atoms with Crippen molar-refractivity contribution in [3.8, 4) is 0 Å². The minimum Gasteiger partial charge on any atom is -0.466 e. The van der Waals surface area contributed by atoms with Gasteiger partial charge in [-0.3, -0.25) is 39.0 Å². The molecule has 304 valence electrons. The number of rotatable bonds is 19. The lowest BCUT2D eigenvalue weighted by Crippen LogP contribution is -2.52. The van der Waals surface area contributed by atoms with Crippen LogP contribution in [0.1, 0.15) is 90.1 Å². The van der Waals surface area contributed by atoms with Gasteiger partial charge in [-0.05, 0) is 74.5 Å². The van der Waals surface area contributed by atoms with Gasteiger partial charge in [0.1, 0.15) is 12.3 Å². The van der Waals surface area contributed by atoms with Crippen molar-refractivity contribution in [1.29, 1.82) is 0 Å². The number of carbonyl (C=O) groups excluding carboxylic acids is 7. The standard InChI is InChI=1S/C43H49N7O8/c1-49(24-29-14-5-6-15-30(29)40-34(27-51)47-42(58-40)28-12-3-2-4-13-28)26-39(55)45-23-9-7-18-36(52)44-22-10-8-19-37(53)46-33-17-11-16-31-32(33)25-50(43(31)57)35-20-21-38(54)48-41(35)56/h2-6,11-17,27,34-35,40H,7-10,18-26H2,1H3,(H,44,52)(H,45,55)(H,46,53)(H,48,54,56). The zero-order valence-electron chi connectivity index (χ0n) is 32.5. The van der Waals surface area contributed by atoms with E-state index in [1.54, 1.807) is 18.2 Å². The van der Waals surface area contributed by atoms with Crippen LogP contribution in [0.15, 0.2) is 77.8 Å². The van der Waals surface area contributed by atoms with Crippen molar-refractivity contribution in [1.82, 2.24) is 25.8 Å². The molecular formula is C43H49N7O8. The van der Waals surface area contributed by atoms with Crippen molar-refractivity contribution in [2.45, 2.75) is 82.6 Å². The van der Waals surface area contributed by atoms with Crippen molar-refractivity contribution < 1.29 is 38.3 Å². The molecule has 1 fully saturated rings. The molecule has 6 amide bonds. The Morgan fingerprint density at radius 3 is 2.33 bits per heavy atom. The van der Waals surface area contributed by atoms with E-state index in [4.69, 9.17) is 4.74 Å². The summed E-state index contributed by atoms with van der Waals surface area (Å²) in [6, 6.07) is 20.8. The molecule has 0 spiro atoms. The maximum absolute atomic E-state index is 13.0. The maximum Gasteiger partial charge on any atom is 0.255 e. The minimum atomic E-state index is -0.735. The second kappa shape index (κ2) is 19.8. The lowest BCUT2D eigenvalue weighted by Gasteiger charge is -2.29. The van der Waals surface area contributed by atoms with Gasteiger partial charge in [0.25, 0.3) is 5.91 Å². The second-order valence-electron chi connectivity index (χ2n) is 14.7. The van der Waals surface area contributed by atoms with Gasteiger partial charge in [0.2, 0.25) is 35.4 Å². The van der Waals surface area contributed by atoms with Crippen molar-refractivity contribution in [2.24, 2.45) is 4.99 Å². The van der Waals surface area contributed by atoms with E-state index in [-0.39, 0.29) is 61.9 Å². The van der Waals surface area contributed by atoms with Gasteiger partial charge in [0.05, 0.1) is 6.54 Å². The van der Waals surface area contributed by atoms with Crippen molar-refractivity contribution >= 4 is 53.3 Å². The normalized spacial score (nSPS) is 18.6. The fraction of sp³-hybridized carbons (Fsp3) is 0.395. The topological polar surface area (TPSA) is 196 Å². The molecule has 15 heteroatoms. The molecule has 0 radical (unpaired) electrons. The first-order valence-corrected chi connectivity index (χ1v) is 19.7. The molecular weight excluding hydrogens is 743 g/mol. The van der Waals surface area contributed by atoms with E-state index < -0.39 is 24.1 Å². The van der Waals surface area contributed by atoms with Crippen LogP contribution in [0, 0.1) is 0 Å². The number of likely N-dealkylation sites (N-methyl/N-ethyl adjacent to an activating group) is 1. The van der Waals surface area contributed by atoms with E-state index in [2.05, 4.69) is 26.3 Å². The summed E-state index contributed by atoms with van der Waals surface area (Å²) in [7, 11) is 1.85. The molecule has 4 N–H and O–H groups in total. The Hall–Kier alpha value is -6.22. The molecule has 3 aliphatic rings. The minimum absolute atomic E-state index is 0.0939. The lowest BCUT2D eigenvalue weighted by molar-refractivity contribution is -0.137. The Balaban J connectivity index is 0.827. The molecule has 0 aromatic heterocycles. The molecule has 3 aliphatic heterocycles. The third kappa shape index (κ3) is 10.6. The van der Waals surface area contributed by atoms with Gasteiger partial charge in [0.15, 0.2) is 12.1 Å². The van der Waals surface area contributed by atoms with E-state index in [0.29, 0.717) is 74.5 Å². The highest BCUT2D eigenvalue weighted by atomic mass is 16.5. The summed E-state index contributed by atoms with van der Waals surface area (Å²) in [4.78, 5) is 94.6. The molecule has 3 heterocycles. The van der Waals surface area contributed by atoms with Gasteiger partial charge >= 0.3 is 0 Å². The van der Waals surface area contributed by atoms with Crippen molar-refractivity contribution in [3.05, 3.63) is 101 Å². The van der Waals surface area contributed by atoms with E-state index in [1.165, 1.54) is 4.90 Å². The monoisotopic (exact) mass is 791 g/mol. The molecule has 0 aliphatic carbocycles. The van der Waals surface area contributed by atoms with Crippen LogP contribution in [0.4, 0.5) is 5.69 Å². The number of aliphatic imine (C=N–C) groups is 1. The number of imide groups is 1. The molecule has 58 heavy (non-hydrogen) atoms. The Kier molecular flexibility index (Phi) is 14.1. The van der Waals surface area contributed by atoms with Crippen LogP contribution in [-0.2, 0) is 46.6 Å². The number of ether oxygens (including phenoxy) is 1.